The van der Waals surface area contributed by atoms with Gasteiger partial charge in [0.1, 0.15) is 11.5 Å². The van der Waals surface area contributed by atoms with Crippen LogP contribution in [0.2, 0.25) is 0 Å². The predicted molar refractivity (Wildman–Crippen MR) is 94.8 cm³/mol. The van der Waals surface area contributed by atoms with Crippen LogP contribution in [0.5, 0.6) is 11.5 Å². The molecule has 0 aromatic heterocycles. The van der Waals surface area contributed by atoms with Crippen LogP contribution >= 0.6 is 27.7 Å². The lowest BCUT2D eigenvalue weighted by molar-refractivity contribution is -0.121. The lowest BCUT2D eigenvalue weighted by Gasteiger charge is -2.12. The molecule has 1 aliphatic heterocycles. The monoisotopic (exact) mass is 399 g/mol. The van der Waals surface area contributed by atoms with Crippen LogP contribution in [0.1, 0.15) is 25.3 Å². The maximum absolute atomic E-state index is 12.0. The molecule has 1 heterocycles. The summed E-state index contributed by atoms with van der Waals surface area (Å²) in [5.41, 5.74) is 0.709. The molecule has 1 aromatic carbocycles. The molecule has 0 atom stereocenters. The minimum atomic E-state index is -0.304. The van der Waals surface area contributed by atoms with Gasteiger partial charge in [0.25, 0.3) is 11.1 Å². The molecule has 1 saturated heterocycles. The highest BCUT2D eigenvalue weighted by atomic mass is 79.9. The van der Waals surface area contributed by atoms with E-state index in [4.69, 9.17) is 9.47 Å². The highest BCUT2D eigenvalue weighted by Gasteiger charge is 2.32. The van der Waals surface area contributed by atoms with Gasteiger partial charge in [-0.05, 0) is 46.3 Å². The quantitative estimate of drug-likeness (QED) is 0.526. The number of halogens is 1. The second kappa shape index (κ2) is 7.88. The Morgan fingerprint density at radius 3 is 2.61 bits per heavy atom. The first-order chi connectivity index (χ1) is 11.0. The van der Waals surface area contributed by atoms with Gasteiger partial charge in [-0.25, -0.2) is 0 Å². The number of carbonyl (C=O) groups is 2. The maximum atomic E-state index is 12.0. The third-order valence-electron chi connectivity index (χ3n) is 3.31. The first-order valence-electron chi connectivity index (χ1n) is 7.19. The van der Waals surface area contributed by atoms with E-state index in [-0.39, 0.29) is 11.1 Å². The summed E-state index contributed by atoms with van der Waals surface area (Å²) in [6, 6.07) is 3.60. The number of methoxy groups -OCH3 is 1. The van der Waals surface area contributed by atoms with Crippen molar-refractivity contribution in [1.29, 1.82) is 0 Å². The SMILES string of the molecule is CCCCOc1cc(OC)c(/C=C2\SC(=O)N(C)C2=O)cc1Br. The van der Waals surface area contributed by atoms with Crippen LogP contribution in [0, 0.1) is 0 Å². The Bertz CT molecular complexity index is 660. The molecule has 0 unspecified atom stereocenters. The van der Waals surface area contributed by atoms with Gasteiger partial charge in [0, 0.05) is 18.7 Å². The average molecular weight is 400 g/mol. The van der Waals surface area contributed by atoms with Crippen molar-refractivity contribution in [3.05, 3.63) is 27.1 Å². The topological polar surface area (TPSA) is 55.8 Å². The van der Waals surface area contributed by atoms with Crippen LogP contribution in [-0.2, 0) is 4.79 Å². The normalized spacial score (nSPS) is 16.3. The highest BCUT2D eigenvalue weighted by molar-refractivity contribution is 9.10. The number of ether oxygens (including phenoxy) is 2. The van der Waals surface area contributed by atoms with E-state index in [9.17, 15) is 9.59 Å². The number of hydrogen-bond donors (Lipinski definition) is 0. The van der Waals surface area contributed by atoms with Gasteiger partial charge in [0.15, 0.2) is 0 Å². The lowest BCUT2D eigenvalue weighted by atomic mass is 10.1. The molecule has 124 valence electrons. The van der Waals surface area contributed by atoms with Crippen molar-refractivity contribution in [2.24, 2.45) is 0 Å². The van der Waals surface area contributed by atoms with Crippen LogP contribution in [0.15, 0.2) is 21.5 Å². The molecule has 0 radical (unpaired) electrons. The molecule has 0 N–H and O–H groups in total. The molecule has 0 bridgehead atoms. The third-order valence-corrected chi connectivity index (χ3v) is 4.89. The minimum absolute atomic E-state index is 0.279. The molecule has 0 spiro atoms. The molecule has 23 heavy (non-hydrogen) atoms. The van der Waals surface area contributed by atoms with Gasteiger partial charge in [-0.3, -0.25) is 14.5 Å². The van der Waals surface area contributed by atoms with E-state index >= 15 is 0 Å². The van der Waals surface area contributed by atoms with E-state index in [1.807, 2.05) is 6.07 Å². The molecule has 2 amide bonds. The van der Waals surface area contributed by atoms with E-state index < -0.39 is 0 Å². The molecule has 5 nitrogen and oxygen atoms in total. The number of unbranched alkanes of at least 4 members (excludes halogenated alkanes) is 1. The zero-order valence-electron chi connectivity index (χ0n) is 13.2. The number of nitrogens with zero attached hydrogens (tertiary/aromatic N) is 1. The molecule has 0 saturated carbocycles. The highest BCUT2D eigenvalue weighted by Crippen LogP contribution is 2.37. The molecule has 1 fully saturated rings. The fourth-order valence-corrected chi connectivity index (χ4v) is 3.26. The van der Waals surface area contributed by atoms with E-state index in [1.165, 1.54) is 7.05 Å². The van der Waals surface area contributed by atoms with Crippen molar-refractivity contribution in [1.82, 2.24) is 4.90 Å². The van der Waals surface area contributed by atoms with Crippen molar-refractivity contribution < 1.29 is 19.1 Å². The average Bonchev–Trinajstić information content (AvgIpc) is 2.77. The van der Waals surface area contributed by atoms with Crippen LogP contribution < -0.4 is 9.47 Å². The lowest BCUT2D eigenvalue weighted by Crippen LogP contribution is -2.22. The van der Waals surface area contributed by atoms with Gasteiger partial charge in [0.2, 0.25) is 0 Å². The maximum Gasteiger partial charge on any atom is 0.293 e. The predicted octanol–water partition coefficient (Wildman–Crippen LogP) is 4.30. The smallest absolute Gasteiger partial charge is 0.293 e. The van der Waals surface area contributed by atoms with Gasteiger partial charge in [0.05, 0.1) is 23.1 Å². The number of amides is 2. The minimum Gasteiger partial charge on any atom is -0.496 e. The summed E-state index contributed by atoms with van der Waals surface area (Å²) < 4.78 is 11.9. The van der Waals surface area contributed by atoms with E-state index in [2.05, 4.69) is 22.9 Å². The summed E-state index contributed by atoms with van der Waals surface area (Å²) >= 11 is 4.39. The summed E-state index contributed by atoms with van der Waals surface area (Å²) in [4.78, 5) is 25.0. The van der Waals surface area contributed by atoms with Gasteiger partial charge in [-0.1, -0.05) is 13.3 Å². The standard InChI is InChI=1S/C16H18BrNO4S/c1-4-5-6-22-13-9-12(21-3)10(7-11(13)17)8-14-15(19)18(2)16(20)23-14/h7-9H,4-6H2,1-3H3/b14-8-. The number of thioether (sulfide) groups is 1. The number of likely N-dealkylation sites (N-methyl/N-ethyl adjacent to an activating group) is 1. The third kappa shape index (κ3) is 4.09. The number of rotatable bonds is 6. The van der Waals surface area contributed by atoms with Crippen molar-refractivity contribution in [3.8, 4) is 11.5 Å². The summed E-state index contributed by atoms with van der Waals surface area (Å²) in [7, 11) is 3.03. The van der Waals surface area contributed by atoms with Gasteiger partial charge in [-0.2, -0.15) is 0 Å². The van der Waals surface area contributed by atoms with E-state index in [0.29, 0.717) is 28.6 Å². The van der Waals surface area contributed by atoms with Gasteiger partial charge >= 0.3 is 0 Å². The Morgan fingerprint density at radius 1 is 1.30 bits per heavy atom. The van der Waals surface area contributed by atoms with Crippen LogP contribution in [0.3, 0.4) is 0 Å². The number of hydrogen-bond acceptors (Lipinski definition) is 5. The van der Waals surface area contributed by atoms with Crippen LogP contribution in [0.4, 0.5) is 4.79 Å². The first-order valence-corrected chi connectivity index (χ1v) is 8.80. The number of imide groups is 1. The molecule has 1 aromatic rings. The summed E-state index contributed by atoms with van der Waals surface area (Å²) in [6.07, 6.45) is 3.69. The van der Waals surface area contributed by atoms with Crippen LogP contribution in [0.25, 0.3) is 6.08 Å². The van der Waals surface area contributed by atoms with Crippen molar-refractivity contribution in [2.75, 3.05) is 20.8 Å². The molecule has 0 aliphatic carbocycles. The van der Waals surface area contributed by atoms with Gasteiger partial charge < -0.3 is 9.47 Å². The second-order valence-corrected chi connectivity index (χ2v) is 6.81. The summed E-state index contributed by atoms with van der Waals surface area (Å²) in [5.74, 6) is 0.972. The van der Waals surface area contributed by atoms with Gasteiger partial charge in [-0.15, -0.1) is 0 Å². The fourth-order valence-electron chi connectivity index (χ4n) is 1.96. The Labute approximate surface area is 148 Å². The number of carbonyl (C=O) groups excluding carboxylic acids is 2. The summed E-state index contributed by atoms with van der Waals surface area (Å²) in [6.45, 7) is 2.73. The van der Waals surface area contributed by atoms with Crippen molar-refractivity contribution in [3.63, 3.8) is 0 Å². The largest absolute Gasteiger partial charge is 0.496 e. The Morgan fingerprint density at radius 2 is 2.04 bits per heavy atom. The van der Waals surface area contributed by atoms with E-state index in [0.717, 1.165) is 34.0 Å². The second-order valence-electron chi connectivity index (χ2n) is 4.97. The summed E-state index contributed by atoms with van der Waals surface area (Å²) in [5, 5.41) is -0.279. The zero-order chi connectivity index (χ0) is 17.0. The molecule has 7 heteroatoms. The van der Waals surface area contributed by atoms with Crippen molar-refractivity contribution in [2.45, 2.75) is 19.8 Å². The fraction of sp³-hybridized carbons (Fsp3) is 0.375. The molecular weight excluding hydrogens is 382 g/mol. The molecule has 1 aliphatic rings. The molecule has 2 rings (SSSR count). The van der Waals surface area contributed by atoms with E-state index in [1.54, 1.807) is 19.3 Å². The first kappa shape index (κ1) is 17.9. The van der Waals surface area contributed by atoms with Crippen LogP contribution in [-0.4, -0.2) is 36.8 Å². The zero-order valence-corrected chi connectivity index (χ0v) is 15.6. The number of benzene rings is 1. The Kier molecular flexibility index (Phi) is 6.12. The Hall–Kier alpha value is -1.47. The Balaban J connectivity index is 2.31. The molecular formula is C16H18BrNO4S. The van der Waals surface area contributed by atoms with Crippen molar-refractivity contribution >= 4 is 44.9 Å².